The molecule has 8 aliphatic carbocycles. The molecule has 0 N–H and O–H groups in total. The largest absolute Gasteiger partial charge is 0.465 e. The number of hydrogen-bond donors (Lipinski definition) is 0. The van der Waals surface area contributed by atoms with Crippen LogP contribution < -0.4 is 0 Å². The molecule has 18 bridgehead atoms. The second kappa shape index (κ2) is 39.5. The Kier molecular flexibility index (Phi) is 29.1. The van der Waals surface area contributed by atoms with Crippen molar-refractivity contribution in [2.75, 3.05) is 85.9 Å². The van der Waals surface area contributed by atoms with E-state index in [2.05, 4.69) is 0 Å². The van der Waals surface area contributed by atoms with E-state index in [1.807, 2.05) is 0 Å². The van der Waals surface area contributed by atoms with Crippen molar-refractivity contribution in [2.24, 2.45) is 115 Å². The van der Waals surface area contributed by atoms with E-state index in [4.69, 9.17) is 85.3 Å². The van der Waals surface area contributed by atoms with E-state index in [1.165, 1.54) is 202 Å². The maximum atomic E-state index is 12.0. The molecule has 0 aromatic rings. The van der Waals surface area contributed by atoms with Gasteiger partial charge in [-0.3, -0.25) is 43.2 Å². The molecule has 19 heterocycles. The van der Waals surface area contributed by atoms with Gasteiger partial charge in [-0.1, -0.05) is 24.2 Å². The Bertz CT molecular complexity index is 4140. The van der Waals surface area contributed by atoms with E-state index < -0.39 is 0 Å². The van der Waals surface area contributed by atoms with Crippen LogP contribution in [0.15, 0.2) is 0 Å². The van der Waals surface area contributed by atoms with Crippen LogP contribution in [0, 0.1) is 115 Å². The van der Waals surface area contributed by atoms with Crippen LogP contribution in [0.4, 0.5) is 0 Å². The van der Waals surface area contributed by atoms with Crippen LogP contribution in [0.5, 0.6) is 0 Å². The van der Waals surface area contributed by atoms with Crippen LogP contribution in [0.2, 0.25) is 51.9 Å². The third-order valence-electron chi connectivity index (χ3n) is 38.0. The number of rotatable bonds is 16. The van der Waals surface area contributed by atoms with Gasteiger partial charge in [-0.25, -0.2) is 0 Å². The number of fused-ring (bicyclic) bond motifs is 33. The smallest absolute Gasteiger partial charge is 0.314 e. The second-order valence-electron chi connectivity index (χ2n) is 46.0. The fourth-order valence-electron chi connectivity index (χ4n) is 31.6. The van der Waals surface area contributed by atoms with Crippen LogP contribution in [-0.2, 0) is 128 Å². The topological polar surface area (TPSA) is 320 Å². The molecule has 27 nitrogen and oxygen atoms in total. The first kappa shape index (κ1) is 95.7. The fraction of sp³-hybridized carbons (Fsp3) is 0.904. The minimum Gasteiger partial charge on any atom is -0.465 e. The summed E-state index contributed by atoms with van der Waals surface area (Å²) >= 11 is 0. The van der Waals surface area contributed by atoms with E-state index >= 15 is 0 Å². The Labute approximate surface area is 794 Å². The maximum Gasteiger partial charge on any atom is 0.314 e. The highest BCUT2D eigenvalue weighted by Crippen LogP contribution is 2.66. The molecule has 39 atom stereocenters. The zero-order valence-corrected chi connectivity index (χ0v) is 97.1. The lowest BCUT2D eigenvalue weighted by molar-refractivity contribution is -0.152. The molecule has 27 fully saturated rings. The third kappa shape index (κ3) is 18.0. The first-order valence-electron chi connectivity index (χ1n) is 51.9. The molecular weight excluding hydrogens is 1810 g/mol. The Morgan fingerprint density at radius 1 is 0.323 bits per heavy atom. The molecule has 8 saturated carbocycles. The molecule has 6 spiro atoms. The molecule has 0 aromatic heterocycles. The van der Waals surface area contributed by atoms with Gasteiger partial charge in [0.25, 0.3) is 0 Å². The summed E-state index contributed by atoms with van der Waals surface area (Å²) in [6.45, 7) is 9.32. The lowest BCUT2D eigenvalue weighted by Crippen LogP contribution is -2.40. The van der Waals surface area contributed by atoms with Crippen LogP contribution in [-0.4, -0.2) is 317 Å². The van der Waals surface area contributed by atoms with Gasteiger partial charge in [0.1, 0.15) is 13.2 Å². The lowest BCUT2D eigenvalue weighted by Gasteiger charge is -2.36. The predicted molar refractivity (Wildman–Crippen MR) is 506 cm³/mol. The molecule has 19 aliphatic heterocycles. The highest BCUT2D eigenvalue weighted by Gasteiger charge is 2.69. The lowest BCUT2D eigenvalue weighted by atomic mass is 9.71. The number of esters is 9. The van der Waals surface area contributed by atoms with Crippen molar-refractivity contribution in [2.45, 2.75) is 324 Å². The van der Waals surface area contributed by atoms with Gasteiger partial charge in [-0.05, 0) is 223 Å². The molecule has 0 radical (unpaired) electrons. The van der Waals surface area contributed by atoms with E-state index in [9.17, 15) is 43.2 Å². The average Bonchev–Trinajstić information content (AvgIpc) is 1.60. The first-order chi connectivity index (χ1) is 62.7. The van der Waals surface area contributed by atoms with Crippen LogP contribution in [0.1, 0.15) is 186 Å². The molecule has 36 heteroatoms. The monoisotopic (exact) mass is 1960 g/mol. The summed E-state index contributed by atoms with van der Waals surface area (Å²) in [6.07, 6.45) is 35.8. The van der Waals surface area contributed by atoms with Crippen molar-refractivity contribution in [3.63, 3.8) is 0 Å². The van der Waals surface area contributed by atoms with Crippen LogP contribution in [0.25, 0.3) is 0 Å². The predicted octanol–water partition coefficient (Wildman–Crippen LogP) is 0.206. The Balaban J connectivity index is 0.0000000950. The van der Waals surface area contributed by atoms with Crippen LogP contribution >= 0.6 is 0 Å². The number of ether oxygens (including phenoxy) is 18. The normalized spacial score (nSPS) is 49.1. The third-order valence-corrected chi connectivity index (χ3v) is 46.5. The number of cyclic esters (lactones) is 9. The summed E-state index contributed by atoms with van der Waals surface area (Å²) in [4.78, 5) is 103. The number of carbonyl (C=O) groups is 9. The molecule has 27 rings (SSSR count). The molecule has 0 aromatic carbocycles. The van der Waals surface area contributed by atoms with Crippen molar-refractivity contribution in [1.29, 1.82) is 0 Å². The van der Waals surface area contributed by atoms with Gasteiger partial charge in [-0.2, -0.15) is 0 Å². The molecule has 27 aliphatic rings. The van der Waals surface area contributed by atoms with Gasteiger partial charge in [0.2, 0.25) is 0 Å². The molecular formula is C94H152O27Si9. The SMILES string of the molecule is O=C1CC2(CO1)CC1CC(OCCC[SiH3])C2C1.O=C1CC2(CO1)CC1CC([SiH3])C2O1.O=C1CC2(CO1)CC1OC2CC1[SiH3].O=C1OCC2C3CC(CC3OCCC[SiH3])C12.O=C1OCC2C3CC(OCCC[SiH3])C(C3)C12.O=C1OCC2C3OC(CC3[SiH3])C12.O=C1OCCC12CC1CC(OCCC[SiH3])C2C1.O=C1OCCC12CC1CC([SiH3])C2O1.O=C1OCCC12CC1OC2CC1[SiH3]. The van der Waals surface area contributed by atoms with Crippen molar-refractivity contribution >= 4 is 146 Å². The van der Waals surface area contributed by atoms with E-state index in [0.29, 0.717) is 211 Å². The minimum absolute atomic E-state index is 0.00793. The van der Waals surface area contributed by atoms with E-state index in [-0.39, 0.29) is 122 Å². The van der Waals surface area contributed by atoms with Gasteiger partial charge in [-0.15, -0.1) is 0 Å². The van der Waals surface area contributed by atoms with Gasteiger partial charge in [0.15, 0.2) is 0 Å². The fourth-order valence-corrected chi connectivity index (χ4v) is 38.3. The summed E-state index contributed by atoms with van der Waals surface area (Å²) < 4.78 is 99.4. The molecule has 39 unspecified atom stereocenters. The molecule has 726 valence electrons. The maximum absolute atomic E-state index is 12.0. The highest BCUT2D eigenvalue weighted by molar-refractivity contribution is 6.14. The minimum atomic E-state index is -0.217. The van der Waals surface area contributed by atoms with E-state index in [0.717, 1.165) is 135 Å². The van der Waals surface area contributed by atoms with Crippen molar-refractivity contribution in [1.82, 2.24) is 0 Å². The first-order valence-corrected chi connectivity index (χ1v) is 63.4. The summed E-state index contributed by atoms with van der Waals surface area (Å²) in [5.74, 6) is 6.95. The summed E-state index contributed by atoms with van der Waals surface area (Å²) in [7, 11) is 11.0. The molecule has 130 heavy (non-hydrogen) atoms. The van der Waals surface area contributed by atoms with Gasteiger partial charge in [0.05, 0.1) is 185 Å². The zero-order chi connectivity index (χ0) is 90.5. The second-order valence-corrected chi connectivity index (χ2v) is 57.4. The van der Waals surface area contributed by atoms with Gasteiger partial charge >= 0.3 is 53.7 Å². The standard InChI is InChI=1S/2C13H22O3Si.2C12H20O3Si.4C9H14O3Si.C8H12O3Si/c14-12-13(2-4-16-12)8-9-6-10(13)11(7-9)15-3-1-5-17;14-12-7-13(8-16-12)6-9-4-10(13)11(5-9)15-2-1-3-17;13-12-11-7-4-8(9(11)6-15-12)10(5-7)14-2-1-3-16;13-12-11-8-4-7(9(11)6-15-12)5-10(8)14-2-1-3-16;10-8-3-9(4-11-8)2-5-6(13)1-7(9)12-5;10-7-3-9(4-11-7)2-5-1-6(13)8(9)12-5;10-8-9(1-2-11-8)4-5-6(13)3-7(9)12-5;10-8-9(1-2-11-8)4-5-3-6(13)7(9)12-5;9-8-6-3(2-10-8)7-5(12)1-4(6)11-7/h2*9-11H,1-8H2,17H3;2*7-11H,1-6H2,16H3;5-7H,1-4H2,13H3;5-6,8H,1-4H2,13H3;2*5-7H,1-4H2,13H3;3-7H,1-2H2,12H3. The Hall–Kier alpha value is -3.18. The quantitative estimate of drug-likeness (QED) is 0.0863. The van der Waals surface area contributed by atoms with Crippen LogP contribution in [0.3, 0.4) is 0 Å². The van der Waals surface area contributed by atoms with Crippen molar-refractivity contribution in [3.8, 4) is 0 Å². The number of hydrogen-bond acceptors (Lipinski definition) is 27. The number of carbonyl (C=O) groups excluding carboxylic acids is 9. The Morgan fingerprint density at radius 3 is 1.32 bits per heavy atom. The average molecular weight is 1970 g/mol. The van der Waals surface area contributed by atoms with Crippen molar-refractivity contribution < 1.29 is 128 Å². The molecule has 19 saturated heterocycles. The highest BCUT2D eigenvalue weighted by atomic mass is 28.2. The summed E-state index contributed by atoms with van der Waals surface area (Å²) in [5, 5.41) is 0. The summed E-state index contributed by atoms with van der Waals surface area (Å²) in [6, 6.07) is 5.28. The molecule has 0 amide bonds. The Morgan fingerprint density at radius 2 is 0.808 bits per heavy atom. The van der Waals surface area contributed by atoms with Gasteiger partial charge < -0.3 is 85.3 Å². The summed E-state index contributed by atoms with van der Waals surface area (Å²) in [5.41, 5.74) is 3.51. The van der Waals surface area contributed by atoms with Crippen molar-refractivity contribution in [3.05, 3.63) is 0 Å². The zero-order valence-electron chi connectivity index (χ0n) is 79.1. The van der Waals surface area contributed by atoms with Gasteiger partial charge in [0, 0.05) is 171 Å². The van der Waals surface area contributed by atoms with E-state index in [1.54, 1.807) is 0 Å².